The fourth-order valence-electron chi connectivity index (χ4n) is 1.49. The van der Waals surface area contributed by atoms with Gasteiger partial charge in [0.1, 0.15) is 0 Å². The van der Waals surface area contributed by atoms with E-state index in [1.807, 2.05) is 0 Å². The lowest BCUT2D eigenvalue weighted by Crippen LogP contribution is -1.88. The van der Waals surface area contributed by atoms with Crippen LogP contribution >= 0.6 is 0 Å². The molecule has 0 amide bonds. The summed E-state index contributed by atoms with van der Waals surface area (Å²) < 4.78 is 4.91. The number of hydrogen-bond donors (Lipinski definition) is 0. The highest BCUT2D eigenvalue weighted by atomic mass is 16.5. The van der Waals surface area contributed by atoms with Crippen LogP contribution in [0.4, 0.5) is 0 Å². The Kier molecular flexibility index (Phi) is 3.52. The minimum absolute atomic E-state index is 0.774. The molecule has 1 fully saturated rings. The summed E-state index contributed by atoms with van der Waals surface area (Å²) in [6.45, 7) is 0.774. The van der Waals surface area contributed by atoms with Gasteiger partial charge in [0.05, 0.1) is 6.61 Å². The van der Waals surface area contributed by atoms with E-state index in [-0.39, 0.29) is 0 Å². The first-order chi connectivity index (χ1) is 4.93. The van der Waals surface area contributed by atoms with E-state index in [1.165, 1.54) is 25.7 Å². The van der Waals surface area contributed by atoms with Crippen molar-refractivity contribution in [2.75, 3.05) is 13.7 Å². The molecule has 1 nitrogen and oxygen atoms in total. The Morgan fingerprint density at radius 3 is 2.70 bits per heavy atom. The maximum Gasteiger partial charge on any atom is 0.0643 e. The van der Waals surface area contributed by atoms with Gasteiger partial charge in [-0.25, -0.2) is 0 Å². The smallest absolute Gasteiger partial charge is 0.0643 e. The Hall–Kier alpha value is -0.300. The van der Waals surface area contributed by atoms with Crippen LogP contribution in [-0.2, 0) is 4.74 Å². The molecule has 0 atom stereocenters. The third-order valence-electron chi connectivity index (χ3n) is 2.07. The standard InChI is InChI=1S/C9H16O/c1-10-8-4-7-9-5-2-3-6-9/h4,7,9H,2-3,5-6,8H2,1H3/b7-4+. The number of hydrogen-bond acceptors (Lipinski definition) is 1. The van der Waals surface area contributed by atoms with E-state index in [0.717, 1.165) is 12.5 Å². The van der Waals surface area contributed by atoms with Gasteiger partial charge in [-0.15, -0.1) is 0 Å². The van der Waals surface area contributed by atoms with Crippen LogP contribution in [0.3, 0.4) is 0 Å². The quantitative estimate of drug-likeness (QED) is 0.547. The molecule has 0 saturated heterocycles. The molecule has 0 unspecified atom stereocenters. The van der Waals surface area contributed by atoms with Crippen molar-refractivity contribution in [2.45, 2.75) is 25.7 Å². The molecule has 0 bridgehead atoms. The van der Waals surface area contributed by atoms with Crippen molar-refractivity contribution in [1.82, 2.24) is 0 Å². The lowest BCUT2D eigenvalue weighted by Gasteiger charge is -1.98. The molecular formula is C9H16O. The molecule has 1 aliphatic rings. The maximum atomic E-state index is 4.91. The first kappa shape index (κ1) is 7.80. The van der Waals surface area contributed by atoms with Crippen LogP contribution < -0.4 is 0 Å². The van der Waals surface area contributed by atoms with Gasteiger partial charge in [-0.3, -0.25) is 0 Å². The van der Waals surface area contributed by atoms with Crippen molar-refractivity contribution in [1.29, 1.82) is 0 Å². The van der Waals surface area contributed by atoms with Crippen LogP contribution in [0.2, 0.25) is 0 Å². The molecule has 1 heteroatoms. The zero-order valence-electron chi connectivity index (χ0n) is 6.68. The monoisotopic (exact) mass is 140 g/mol. The number of rotatable bonds is 3. The van der Waals surface area contributed by atoms with E-state index >= 15 is 0 Å². The summed E-state index contributed by atoms with van der Waals surface area (Å²) in [4.78, 5) is 0. The van der Waals surface area contributed by atoms with Crippen LogP contribution in [0, 0.1) is 5.92 Å². The van der Waals surface area contributed by atoms with Gasteiger partial charge in [0.25, 0.3) is 0 Å². The summed E-state index contributed by atoms with van der Waals surface area (Å²) >= 11 is 0. The van der Waals surface area contributed by atoms with Crippen molar-refractivity contribution in [3.63, 3.8) is 0 Å². The molecule has 0 aromatic carbocycles. The van der Waals surface area contributed by atoms with Gasteiger partial charge in [0.15, 0.2) is 0 Å². The molecule has 1 saturated carbocycles. The number of allylic oxidation sites excluding steroid dienone is 1. The van der Waals surface area contributed by atoms with Crippen molar-refractivity contribution < 1.29 is 4.74 Å². The Labute approximate surface area is 63.1 Å². The fourth-order valence-corrected chi connectivity index (χ4v) is 1.49. The summed E-state index contributed by atoms with van der Waals surface area (Å²) in [6.07, 6.45) is 10.1. The predicted molar refractivity (Wildman–Crippen MR) is 43.0 cm³/mol. The highest BCUT2D eigenvalue weighted by molar-refractivity contribution is 4.90. The molecule has 1 aliphatic carbocycles. The van der Waals surface area contributed by atoms with E-state index in [2.05, 4.69) is 12.2 Å². The third kappa shape index (κ3) is 2.53. The SMILES string of the molecule is COC/C=C/C1CCCC1. The topological polar surface area (TPSA) is 9.23 Å². The van der Waals surface area contributed by atoms with Crippen LogP contribution in [0.1, 0.15) is 25.7 Å². The first-order valence-electron chi connectivity index (χ1n) is 4.09. The average molecular weight is 140 g/mol. The van der Waals surface area contributed by atoms with Crippen LogP contribution in [0.15, 0.2) is 12.2 Å². The molecule has 10 heavy (non-hydrogen) atoms. The Morgan fingerprint density at radius 1 is 1.40 bits per heavy atom. The molecule has 1 rings (SSSR count). The Bertz CT molecular complexity index is 101. The molecule has 0 aromatic rings. The molecule has 58 valence electrons. The first-order valence-corrected chi connectivity index (χ1v) is 4.09. The molecule has 0 radical (unpaired) electrons. The van der Waals surface area contributed by atoms with Gasteiger partial charge in [-0.2, -0.15) is 0 Å². The highest BCUT2D eigenvalue weighted by Gasteiger charge is 2.10. The van der Waals surface area contributed by atoms with E-state index < -0.39 is 0 Å². The van der Waals surface area contributed by atoms with Gasteiger partial charge >= 0.3 is 0 Å². The summed E-state index contributed by atoms with van der Waals surface area (Å²) in [5.41, 5.74) is 0. The number of ether oxygens (including phenoxy) is 1. The lowest BCUT2D eigenvalue weighted by atomic mass is 10.1. The molecule has 0 aliphatic heterocycles. The Morgan fingerprint density at radius 2 is 2.10 bits per heavy atom. The van der Waals surface area contributed by atoms with Crippen LogP contribution in [0.5, 0.6) is 0 Å². The van der Waals surface area contributed by atoms with Gasteiger partial charge in [0.2, 0.25) is 0 Å². The largest absolute Gasteiger partial charge is 0.381 e. The van der Waals surface area contributed by atoms with Crippen molar-refractivity contribution in [3.8, 4) is 0 Å². The van der Waals surface area contributed by atoms with Crippen molar-refractivity contribution in [2.24, 2.45) is 5.92 Å². The zero-order valence-corrected chi connectivity index (χ0v) is 6.68. The normalized spacial score (nSPS) is 20.9. The molecule has 0 heterocycles. The molecular weight excluding hydrogens is 124 g/mol. The van der Waals surface area contributed by atoms with E-state index in [9.17, 15) is 0 Å². The third-order valence-corrected chi connectivity index (χ3v) is 2.07. The Balaban J connectivity index is 2.10. The summed E-state index contributed by atoms with van der Waals surface area (Å²) in [6, 6.07) is 0. The lowest BCUT2D eigenvalue weighted by molar-refractivity contribution is 0.233. The van der Waals surface area contributed by atoms with Crippen molar-refractivity contribution >= 4 is 0 Å². The van der Waals surface area contributed by atoms with Crippen LogP contribution in [0.25, 0.3) is 0 Å². The second-order valence-corrected chi connectivity index (χ2v) is 2.93. The summed E-state index contributed by atoms with van der Waals surface area (Å²) in [5, 5.41) is 0. The van der Waals surface area contributed by atoms with E-state index in [0.29, 0.717) is 0 Å². The van der Waals surface area contributed by atoms with E-state index in [1.54, 1.807) is 7.11 Å². The zero-order chi connectivity index (χ0) is 7.23. The second-order valence-electron chi connectivity index (χ2n) is 2.93. The summed E-state index contributed by atoms with van der Waals surface area (Å²) in [5.74, 6) is 0.857. The van der Waals surface area contributed by atoms with Crippen molar-refractivity contribution in [3.05, 3.63) is 12.2 Å². The molecule has 0 aromatic heterocycles. The van der Waals surface area contributed by atoms with Gasteiger partial charge in [-0.05, 0) is 18.8 Å². The fraction of sp³-hybridized carbons (Fsp3) is 0.778. The summed E-state index contributed by atoms with van der Waals surface area (Å²) in [7, 11) is 1.74. The van der Waals surface area contributed by atoms with Gasteiger partial charge < -0.3 is 4.74 Å². The molecule has 0 spiro atoms. The maximum absolute atomic E-state index is 4.91. The van der Waals surface area contributed by atoms with Gasteiger partial charge in [-0.1, -0.05) is 25.0 Å². The predicted octanol–water partition coefficient (Wildman–Crippen LogP) is 2.38. The minimum atomic E-state index is 0.774. The van der Waals surface area contributed by atoms with Crippen LogP contribution in [-0.4, -0.2) is 13.7 Å². The average Bonchev–Trinajstić information content (AvgIpc) is 2.41. The minimum Gasteiger partial charge on any atom is -0.381 e. The van der Waals surface area contributed by atoms with E-state index in [4.69, 9.17) is 4.74 Å². The van der Waals surface area contributed by atoms with Gasteiger partial charge in [0, 0.05) is 7.11 Å². The highest BCUT2D eigenvalue weighted by Crippen LogP contribution is 2.25. The number of methoxy groups -OCH3 is 1. The molecule has 0 N–H and O–H groups in total. The second kappa shape index (κ2) is 4.51.